The highest BCUT2D eigenvalue weighted by Crippen LogP contribution is 2.18. The molecule has 3 N–H and O–H groups in total. The number of aromatic nitrogens is 1. The van der Waals surface area contributed by atoms with Gasteiger partial charge in [-0.05, 0) is 30.2 Å². The summed E-state index contributed by atoms with van der Waals surface area (Å²) >= 11 is 0. The summed E-state index contributed by atoms with van der Waals surface area (Å²) in [6.45, 7) is 1.97. The second-order valence-corrected chi connectivity index (χ2v) is 5.90. The van der Waals surface area contributed by atoms with E-state index < -0.39 is 16.0 Å². The van der Waals surface area contributed by atoms with Crippen LogP contribution in [0.1, 0.15) is 23.0 Å². The topological polar surface area (TPSA) is 99.3 Å². The monoisotopic (exact) mass is 294 g/mol. The van der Waals surface area contributed by atoms with E-state index in [1.165, 1.54) is 0 Å². The number of carbonyl (C=O) groups is 1. The van der Waals surface area contributed by atoms with Gasteiger partial charge in [-0.15, -0.1) is 0 Å². The fourth-order valence-electron chi connectivity index (χ4n) is 1.72. The van der Waals surface area contributed by atoms with Gasteiger partial charge in [-0.2, -0.15) is 0 Å². The lowest BCUT2D eigenvalue weighted by molar-refractivity contribution is 0.0691. The van der Waals surface area contributed by atoms with Gasteiger partial charge in [0.2, 0.25) is 0 Å². The number of sulfonamides is 1. The van der Waals surface area contributed by atoms with Crippen molar-refractivity contribution >= 4 is 21.7 Å². The summed E-state index contributed by atoms with van der Waals surface area (Å²) in [4.78, 5) is 13.0. The number of H-pyrrole nitrogens is 1. The normalized spacial score (nSPS) is 11.2. The molecule has 106 valence electrons. The molecule has 0 bridgehead atoms. The summed E-state index contributed by atoms with van der Waals surface area (Å²) in [7, 11) is -3.80. The molecule has 20 heavy (non-hydrogen) atoms. The summed E-state index contributed by atoms with van der Waals surface area (Å²) in [6.07, 6.45) is 1.94. The molecule has 0 aliphatic rings. The van der Waals surface area contributed by atoms with E-state index in [2.05, 4.69) is 9.71 Å². The zero-order valence-electron chi connectivity index (χ0n) is 10.8. The third-order valence-electron chi connectivity index (χ3n) is 2.78. The number of carboxylic acid groups (broad SMARTS) is 1. The number of rotatable bonds is 5. The summed E-state index contributed by atoms with van der Waals surface area (Å²) in [5.41, 5.74) is 1.28. The predicted molar refractivity (Wildman–Crippen MR) is 74.4 cm³/mol. The van der Waals surface area contributed by atoms with Crippen LogP contribution in [-0.2, 0) is 16.4 Å². The lowest BCUT2D eigenvalue weighted by Crippen LogP contribution is -2.12. The van der Waals surface area contributed by atoms with E-state index in [1.54, 1.807) is 18.2 Å². The molecular weight excluding hydrogens is 280 g/mol. The van der Waals surface area contributed by atoms with Crippen LogP contribution in [0.25, 0.3) is 0 Å². The van der Waals surface area contributed by atoms with Crippen molar-refractivity contribution in [2.45, 2.75) is 18.2 Å². The van der Waals surface area contributed by atoms with E-state index in [9.17, 15) is 13.2 Å². The molecule has 0 amide bonds. The van der Waals surface area contributed by atoms with Crippen LogP contribution in [0.2, 0.25) is 0 Å². The van der Waals surface area contributed by atoms with Crippen LogP contribution < -0.4 is 4.72 Å². The van der Waals surface area contributed by atoms with Gasteiger partial charge in [-0.1, -0.05) is 19.1 Å². The van der Waals surface area contributed by atoms with Crippen LogP contribution in [0.15, 0.2) is 41.4 Å². The van der Waals surface area contributed by atoms with Crippen LogP contribution in [0.3, 0.4) is 0 Å². The standard InChI is InChI=1S/C13H14N2O4S/c1-2-9-4-3-5-10(6-9)15-20(18,19)11-7-12(13(16)17)14-8-11/h3-8,14-15H,2H2,1H3,(H,16,17). The summed E-state index contributed by atoms with van der Waals surface area (Å²) in [5, 5.41) is 8.78. The van der Waals surface area contributed by atoms with Gasteiger partial charge in [0, 0.05) is 11.9 Å². The molecule has 0 radical (unpaired) electrons. The molecule has 0 spiro atoms. The van der Waals surface area contributed by atoms with Crippen LogP contribution in [0.4, 0.5) is 5.69 Å². The van der Waals surface area contributed by atoms with Crippen molar-refractivity contribution in [2.24, 2.45) is 0 Å². The molecule has 2 aromatic rings. The van der Waals surface area contributed by atoms with Gasteiger partial charge >= 0.3 is 5.97 Å². The van der Waals surface area contributed by atoms with Gasteiger partial charge < -0.3 is 10.1 Å². The van der Waals surface area contributed by atoms with E-state index in [4.69, 9.17) is 5.11 Å². The first kappa shape index (κ1) is 14.1. The minimum atomic E-state index is -3.80. The van der Waals surface area contributed by atoms with Gasteiger partial charge in [0.15, 0.2) is 0 Å². The first-order chi connectivity index (χ1) is 9.42. The van der Waals surface area contributed by atoms with E-state index in [0.717, 1.165) is 24.2 Å². The minimum Gasteiger partial charge on any atom is -0.477 e. The van der Waals surface area contributed by atoms with Crippen molar-refractivity contribution in [3.8, 4) is 0 Å². The molecule has 0 aliphatic heterocycles. The molecule has 1 aromatic carbocycles. The second kappa shape index (κ2) is 5.38. The van der Waals surface area contributed by atoms with Crippen LogP contribution in [-0.4, -0.2) is 24.5 Å². The Labute approximate surface area is 116 Å². The molecule has 1 aromatic heterocycles. The lowest BCUT2D eigenvalue weighted by Gasteiger charge is -2.07. The third-order valence-corrected chi connectivity index (χ3v) is 4.15. The molecule has 7 heteroatoms. The fourth-order valence-corrected chi connectivity index (χ4v) is 2.76. The summed E-state index contributed by atoms with van der Waals surface area (Å²) in [5.74, 6) is -1.21. The molecule has 2 rings (SSSR count). The molecule has 0 unspecified atom stereocenters. The molecule has 1 heterocycles. The van der Waals surface area contributed by atoms with Gasteiger partial charge in [0.05, 0.1) is 0 Å². The molecule has 0 aliphatic carbocycles. The number of aromatic carboxylic acids is 1. The molecule has 0 saturated carbocycles. The van der Waals surface area contributed by atoms with Crippen LogP contribution in [0, 0.1) is 0 Å². The average molecular weight is 294 g/mol. The Morgan fingerprint density at radius 2 is 2.10 bits per heavy atom. The first-order valence-corrected chi connectivity index (χ1v) is 7.44. The van der Waals surface area contributed by atoms with Crippen LogP contribution >= 0.6 is 0 Å². The Morgan fingerprint density at radius 1 is 1.35 bits per heavy atom. The maximum absolute atomic E-state index is 12.1. The van der Waals surface area contributed by atoms with Crippen molar-refractivity contribution in [2.75, 3.05) is 4.72 Å². The minimum absolute atomic E-state index is 0.114. The van der Waals surface area contributed by atoms with Crippen LogP contribution in [0.5, 0.6) is 0 Å². The SMILES string of the molecule is CCc1cccc(NS(=O)(=O)c2c[nH]c(C(=O)O)c2)c1. The Balaban J connectivity index is 2.27. The molecular formula is C13H14N2O4S. The maximum Gasteiger partial charge on any atom is 0.352 e. The molecule has 0 saturated heterocycles. The van der Waals surface area contributed by atoms with Crippen molar-refractivity contribution < 1.29 is 18.3 Å². The first-order valence-electron chi connectivity index (χ1n) is 5.96. The Morgan fingerprint density at radius 3 is 2.70 bits per heavy atom. The Bertz CT molecular complexity index is 734. The number of carboxylic acids is 1. The number of hydrogen-bond acceptors (Lipinski definition) is 3. The Kier molecular flexibility index (Phi) is 3.80. The third kappa shape index (κ3) is 3.00. The summed E-state index contributed by atoms with van der Waals surface area (Å²) in [6, 6.07) is 8.12. The predicted octanol–water partition coefficient (Wildman–Crippen LogP) is 2.08. The number of benzene rings is 1. The smallest absolute Gasteiger partial charge is 0.352 e. The zero-order chi connectivity index (χ0) is 14.8. The van der Waals surface area contributed by atoms with Gasteiger partial charge in [-0.25, -0.2) is 13.2 Å². The molecule has 0 fully saturated rings. The zero-order valence-corrected chi connectivity index (χ0v) is 11.6. The molecule has 0 atom stereocenters. The number of aryl methyl sites for hydroxylation is 1. The number of aromatic amines is 1. The van der Waals surface area contributed by atoms with E-state index in [1.807, 2.05) is 13.0 Å². The fraction of sp³-hybridized carbons (Fsp3) is 0.154. The Hall–Kier alpha value is -2.28. The van der Waals surface area contributed by atoms with E-state index in [-0.39, 0.29) is 10.6 Å². The average Bonchev–Trinajstić information content (AvgIpc) is 2.89. The van der Waals surface area contributed by atoms with Gasteiger partial charge in [0.1, 0.15) is 10.6 Å². The van der Waals surface area contributed by atoms with E-state index in [0.29, 0.717) is 5.69 Å². The summed E-state index contributed by atoms with van der Waals surface area (Å²) < 4.78 is 26.6. The van der Waals surface area contributed by atoms with E-state index >= 15 is 0 Å². The highest BCUT2D eigenvalue weighted by atomic mass is 32.2. The number of nitrogens with one attached hydrogen (secondary N) is 2. The number of hydrogen-bond donors (Lipinski definition) is 3. The largest absolute Gasteiger partial charge is 0.477 e. The van der Waals surface area contributed by atoms with Gasteiger partial charge in [0.25, 0.3) is 10.0 Å². The quantitative estimate of drug-likeness (QED) is 0.786. The lowest BCUT2D eigenvalue weighted by atomic mass is 10.1. The second-order valence-electron chi connectivity index (χ2n) is 4.21. The van der Waals surface area contributed by atoms with Crippen molar-refractivity contribution in [3.05, 3.63) is 47.8 Å². The maximum atomic E-state index is 12.1. The van der Waals surface area contributed by atoms with Crippen molar-refractivity contribution in [3.63, 3.8) is 0 Å². The highest BCUT2D eigenvalue weighted by molar-refractivity contribution is 7.92. The van der Waals surface area contributed by atoms with Gasteiger partial charge in [-0.3, -0.25) is 4.72 Å². The van der Waals surface area contributed by atoms with Crippen molar-refractivity contribution in [1.29, 1.82) is 0 Å². The van der Waals surface area contributed by atoms with Crippen molar-refractivity contribution in [1.82, 2.24) is 4.98 Å². The highest BCUT2D eigenvalue weighted by Gasteiger charge is 2.18. The molecule has 6 nitrogen and oxygen atoms in total. The number of anilines is 1.